The number of fused-ring (bicyclic) bond motifs is 1. The Balaban J connectivity index is 2.74. The predicted octanol–water partition coefficient (Wildman–Crippen LogP) is 3.73. The van der Waals surface area contributed by atoms with Gasteiger partial charge in [0, 0.05) is 16.0 Å². The first-order chi connectivity index (χ1) is 6.59. The number of alkyl halides is 2. The van der Waals surface area contributed by atoms with Crippen molar-refractivity contribution in [1.82, 2.24) is 0 Å². The highest BCUT2D eigenvalue weighted by atomic mass is 32.1. The standard InChI is InChI=1S/C10H9F2NS/c1-5-4-14-9-3-8(13)7(10(11)12)2-6(5)9/h2-4,10H,13H2,1H3. The van der Waals surface area contributed by atoms with Crippen LogP contribution in [-0.2, 0) is 0 Å². The molecule has 74 valence electrons. The fourth-order valence-corrected chi connectivity index (χ4v) is 2.39. The normalized spacial score (nSPS) is 11.4. The van der Waals surface area contributed by atoms with Gasteiger partial charge in [0.15, 0.2) is 0 Å². The second-order valence-corrected chi connectivity index (χ2v) is 4.11. The first kappa shape index (κ1) is 9.40. The van der Waals surface area contributed by atoms with E-state index in [1.165, 1.54) is 17.4 Å². The monoisotopic (exact) mass is 213 g/mol. The predicted molar refractivity (Wildman–Crippen MR) is 55.9 cm³/mol. The number of hydrogen-bond donors (Lipinski definition) is 1. The molecular formula is C10H9F2NS. The van der Waals surface area contributed by atoms with Crippen molar-refractivity contribution in [2.45, 2.75) is 13.3 Å². The van der Waals surface area contributed by atoms with E-state index in [0.717, 1.165) is 15.6 Å². The van der Waals surface area contributed by atoms with Crippen LogP contribution in [0.2, 0.25) is 0 Å². The number of hydrogen-bond acceptors (Lipinski definition) is 2. The van der Waals surface area contributed by atoms with E-state index >= 15 is 0 Å². The van der Waals surface area contributed by atoms with Crippen LogP contribution in [0.5, 0.6) is 0 Å². The molecule has 0 saturated heterocycles. The Bertz CT molecular complexity index is 476. The summed E-state index contributed by atoms with van der Waals surface area (Å²) in [6, 6.07) is 3.11. The smallest absolute Gasteiger partial charge is 0.265 e. The minimum atomic E-state index is -2.50. The highest BCUT2D eigenvalue weighted by molar-refractivity contribution is 7.17. The molecule has 1 aromatic carbocycles. The third-order valence-electron chi connectivity index (χ3n) is 2.21. The van der Waals surface area contributed by atoms with Gasteiger partial charge in [0.1, 0.15) is 0 Å². The Morgan fingerprint density at radius 2 is 2.07 bits per heavy atom. The number of nitrogen functional groups attached to an aromatic ring is 1. The highest BCUT2D eigenvalue weighted by Crippen LogP contribution is 2.33. The van der Waals surface area contributed by atoms with Gasteiger partial charge < -0.3 is 5.73 Å². The molecule has 0 fully saturated rings. The quantitative estimate of drug-likeness (QED) is 0.717. The van der Waals surface area contributed by atoms with Crippen molar-refractivity contribution in [3.8, 4) is 0 Å². The zero-order valence-corrected chi connectivity index (χ0v) is 8.37. The lowest BCUT2D eigenvalue weighted by Crippen LogP contribution is -1.94. The first-order valence-electron chi connectivity index (χ1n) is 4.15. The van der Waals surface area contributed by atoms with Crippen molar-refractivity contribution in [3.05, 3.63) is 28.6 Å². The molecule has 0 radical (unpaired) electrons. The molecule has 0 unspecified atom stereocenters. The van der Waals surface area contributed by atoms with Crippen LogP contribution in [0.3, 0.4) is 0 Å². The van der Waals surface area contributed by atoms with Crippen LogP contribution >= 0.6 is 11.3 Å². The average Bonchev–Trinajstić information content (AvgIpc) is 2.46. The number of thiophene rings is 1. The zero-order chi connectivity index (χ0) is 10.3. The summed E-state index contributed by atoms with van der Waals surface area (Å²) >= 11 is 1.52. The lowest BCUT2D eigenvalue weighted by Gasteiger charge is -2.04. The molecule has 4 heteroatoms. The minimum Gasteiger partial charge on any atom is -0.398 e. The molecule has 1 heterocycles. The molecule has 2 N–H and O–H groups in total. The molecule has 0 amide bonds. The fraction of sp³-hybridized carbons (Fsp3) is 0.200. The third kappa shape index (κ3) is 1.35. The molecular weight excluding hydrogens is 204 g/mol. The molecule has 1 nitrogen and oxygen atoms in total. The zero-order valence-electron chi connectivity index (χ0n) is 7.55. The Morgan fingerprint density at radius 1 is 1.36 bits per heavy atom. The van der Waals surface area contributed by atoms with E-state index in [1.807, 2.05) is 12.3 Å². The van der Waals surface area contributed by atoms with Crippen molar-refractivity contribution in [3.63, 3.8) is 0 Å². The topological polar surface area (TPSA) is 26.0 Å². The Morgan fingerprint density at radius 3 is 2.71 bits per heavy atom. The number of aryl methyl sites for hydroxylation is 1. The molecule has 0 spiro atoms. The number of rotatable bonds is 1. The van der Waals surface area contributed by atoms with E-state index in [1.54, 1.807) is 6.07 Å². The Labute approximate surface area is 84.2 Å². The number of anilines is 1. The summed E-state index contributed by atoms with van der Waals surface area (Å²) in [6.07, 6.45) is -2.50. The van der Waals surface area contributed by atoms with E-state index in [-0.39, 0.29) is 11.3 Å². The molecule has 2 aromatic rings. The van der Waals surface area contributed by atoms with Crippen LogP contribution in [0.25, 0.3) is 10.1 Å². The molecule has 0 aliphatic rings. The molecule has 1 aromatic heterocycles. The van der Waals surface area contributed by atoms with Crippen LogP contribution in [0, 0.1) is 6.92 Å². The first-order valence-corrected chi connectivity index (χ1v) is 5.03. The van der Waals surface area contributed by atoms with Crippen molar-refractivity contribution in [1.29, 1.82) is 0 Å². The van der Waals surface area contributed by atoms with Gasteiger partial charge in [-0.3, -0.25) is 0 Å². The molecule has 0 saturated carbocycles. The summed E-state index contributed by atoms with van der Waals surface area (Å²) < 4.78 is 26.0. The molecule has 0 aliphatic carbocycles. The van der Waals surface area contributed by atoms with Crippen LogP contribution in [-0.4, -0.2) is 0 Å². The Kier molecular flexibility index (Phi) is 2.15. The Hall–Kier alpha value is -1.16. The van der Waals surface area contributed by atoms with Crippen molar-refractivity contribution < 1.29 is 8.78 Å². The summed E-state index contributed by atoms with van der Waals surface area (Å²) in [5.41, 5.74) is 6.65. The van der Waals surface area contributed by atoms with Gasteiger partial charge in [0.05, 0.1) is 0 Å². The maximum Gasteiger partial charge on any atom is 0.265 e. The fourth-order valence-electron chi connectivity index (χ4n) is 1.42. The minimum absolute atomic E-state index is 0.0704. The van der Waals surface area contributed by atoms with E-state index in [0.29, 0.717) is 0 Å². The van der Waals surface area contributed by atoms with Gasteiger partial charge in [-0.2, -0.15) is 0 Å². The summed E-state index contributed by atoms with van der Waals surface area (Å²) in [5, 5.41) is 2.82. The van der Waals surface area contributed by atoms with E-state index in [2.05, 4.69) is 0 Å². The lowest BCUT2D eigenvalue weighted by atomic mass is 10.1. The summed E-state index contributed by atoms with van der Waals surface area (Å²) in [4.78, 5) is 0. The van der Waals surface area contributed by atoms with Crippen LogP contribution in [0.15, 0.2) is 17.5 Å². The summed E-state index contributed by atoms with van der Waals surface area (Å²) in [5.74, 6) is 0. The van der Waals surface area contributed by atoms with E-state index < -0.39 is 6.43 Å². The molecule has 2 rings (SSSR count). The van der Waals surface area contributed by atoms with Crippen LogP contribution in [0.1, 0.15) is 17.6 Å². The number of nitrogens with two attached hydrogens (primary N) is 1. The van der Waals surface area contributed by atoms with Crippen molar-refractivity contribution in [2.24, 2.45) is 0 Å². The molecule has 0 bridgehead atoms. The second kappa shape index (κ2) is 3.20. The average molecular weight is 213 g/mol. The van der Waals surface area contributed by atoms with E-state index in [4.69, 9.17) is 5.73 Å². The van der Waals surface area contributed by atoms with Crippen LogP contribution < -0.4 is 5.73 Å². The van der Waals surface area contributed by atoms with Gasteiger partial charge in [-0.05, 0) is 35.4 Å². The lowest BCUT2D eigenvalue weighted by molar-refractivity contribution is 0.152. The second-order valence-electron chi connectivity index (χ2n) is 3.20. The van der Waals surface area contributed by atoms with Gasteiger partial charge in [-0.15, -0.1) is 11.3 Å². The SMILES string of the molecule is Cc1csc2cc(N)c(C(F)F)cc12. The van der Waals surface area contributed by atoms with Crippen molar-refractivity contribution >= 4 is 27.1 Å². The van der Waals surface area contributed by atoms with Gasteiger partial charge in [-0.25, -0.2) is 8.78 Å². The maximum atomic E-state index is 12.5. The third-order valence-corrected chi connectivity index (χ3v) is 3.27. The maximum absolute atomic E-state index is 12.5. The number of halogens is 2. The van der Waals surface area contributed by atoms with E-state index in [9.17, 15) is 8.78 Å². The van der Waals surface area contributed by atoms with Gasteiger partial charge >= 0.3 is 0 Å². The largest absolute Gasteiger partial charge is 0.398 e. The van der Waals surface area contributed by atoms with Crippen molar-refractivity contribution in [2.75, 3.05) is 5.73 Å². The summed E-state index contributed by atoms with van der Waals surface area (Å²) in [7, 11) is 0. The van der Waals surface area contributed by atoms with Crippen LogP contribution in [0.4, 0.5) is 14.5 Å². The van der Waals surface area contributed by atoms with Gasteiger partial charge in [0.25, 0.3) is 6.43 Å². The molecule has 0 aliphatic heterocycles. The molecule has 0 atom stereocenters. The van der Waals surface area contributed by atoms with Gasteiger partial charge in [-0.1, -0.05) is 0 Å². The van der Waals surface area contributed by atoms with Gasteiger partial charge in [0.2, 0.25) is 0 Å². The summed E-state index contributed by atoms with van der Waals surface area (Å²) in [6.45, 7) is 1.91. The highest BCUT2D eigenvalue weighted by Gasteiger charge is 2.13. The number of benzene rings is 1. The molecule has 14 heavy (non-hydrogen) atoms.